The maximum Gasteiger partial charge on any atom is 0.305 e. The Kier molecular flexibility index (Phi) is 72.9. The number of carbonyl (C=O) groups excluding carboxylic acids is 2. The minimum absolute atomic E-state index is 0.0126. The van der Waals surface area contributed by atoms with Crippen LogP contribution in [-0.2, 0) is 14.3 Å². The molecule has 0 saturated carbocycles. The van der Waals surface area contributed by atoms with Gasteiger partial charge in [-0.25, -0.2) is 0 Å². The van der Waals surface area contributed by atoms with E-state index in [0.29, 0.717) is 19.4 Å². The van der Waals surface area contributed by atoms with Crippen molar-refractivity contribution in [3.05, 3.63) is 36.5 Å². The van der Waals surface area contributed by atoms with E-state index in [2.05, 4.69) is 43.5 Å². The molecule has 0 aromatic rings. The van der Waals surface area contributed by atoms with Gasteiger partial charge in [-0.15, -0.1) is 0 Å². The number of amides is 1. The SMILES string of the molecule is CCCCCCCC/C=C\CCCCCCCCCCCC(=O)OCCCCCCCCCCCCCC/C=C\CCCCCCCCCCC(=O)NC(CO)C(O)/C=C/CCCCCCCCCCCCCCCCCCCCCCCCC. The fourth-order valence-electron chi connectivity index (χ4n) is 12.2. The topological polar surface area (TPSA) is 95.9 Å². The van der Waals surface area contributed by atoms with Crippen molar-refractivity contribution in [3.8, 4) is 0 Å². The summed E-state index contributed by atoms with van der Waals surface area (Å²) in [5, 5.41) is 23.3. The third-order valence-corrected chi connectivity index (χ3v) is 18.1. The van der Waals surface area contributed by atoms with Gasteiger partial charge < -0.3 is 20.3 Å². The van der Waals surface area contributed by atoms with Crippen LogP contribution < -0.4 is 5.32 Å². The Bertz CT molecular complexity index is 1380. The van der Waals surface area contributed by atoms with Crippen LogP contribution in [0.25, 0.3) is 0 Å². The lowest BCUT2D eigenvalue weighted by atomic mass is 10.0. The summed E-state index contributed by atoms with van der Waals surface area (Å²) < 4.78 is 5.51. The largest absolute Gasteiger partial charge is 0.466 e. The van der Waals surface area contributed by atoms with E-state index in [1.54, 1.807) is 6.08 Å². The first-order valence-electron chi connectivity index (χ1n) is 38.8. The van der Waals surface area contributed by atoms with Crippen LogP contribution in [0, 0.1) is 0 Å². The first kappa shape index (κ1) is 83.1. The van der Waals surface area contributed by atoms with Gasteiger partial charge in [-0.05, 0) is 83.5 Å². The van der Waals surface area contributed by atoms with Gasteiger partial charge in [0.1, 0.15) is 0 Å². The molecule has 502 valence electrons. The third-order valence-electron chi connectivity index (χ3n) is 18.1. The molecule has 0 aromatic heterocycles. The number of carbonyl (C=O) groups is 2. The van der Waals surface area contributed by atoms with Crippen molar-refractivity contribution in [1.29, 1.82) is 0 Å². The lowest BCUT2D eigenvalue weighted by Crippen LogP contribution is -2.45. The molecular weight excluding hydrogens is 1040 g/mol. The van der Waals surface area contributed by atoms with E-state index in [4.69, 9.17) is 4.74 Å². The summed E-state index contributed by atoms with van der Waals surface area (Å²) in [5.74, 6) is -0.0553. The van der Waals surface area contributed by atoms with Gasteiger partial charge in [-0.2, -0.15) is 0 Å². The quantitative estimate of drug-likeness (QED) is 0.0320. The molecule has 0 aliphatic rings. The maximum absolute atomic E-state index is 12.5. The van der Waals surface area contributed by atoms with Crippen LogP contribution in [0.15, 0.2) is 36.5 Å². The van der Waals surface area contributed by atoms with Crippen molar-refractivity contribution in [2.45, 2.75) is 443 Å². The summed E-state index contributed by atoms with van der Waals surface area (Å²) in [6.07, 6.45) is 96.8. The smallest absolute Gasteiger partial charge is 0.305 e. The average Bonchev–Trinajstić information content (AvgIpc) is 3.51. The van der Waals surface area contributed by atoms with Crippen LogP contribution in [0.5, 0.6) is 0 Å². The van der Waals surface area contributed by atoms with Gasteiger partial charge in [-0.1, -0.05) is 371 Å². The Hall–Kier alpha value is -1.92. The van der Waals surface area contributed by atoms with E-state index in [1.165, 1.54) is 360 Å². The van der Waals surface area contributed by atoms with E-state index in [-0.39, 0.29) is 18.5 Å². The highest BCUT2D eigenvalue weighted by Crippen LogP contribution is 2.19. The van der Waals surface area contributed by atoms with Gasteiger partial charge in [0.2, 0.25) is 5.91 Å². The monoisotopic (exact) mass is 1190 g/mol. The molecule has 2 atom stereocenters. The van der Waals surface area contributed by atoms with Crippen molar-refractivity contribution >= 4 is 11.9 Å². The van der Waals surface area contributed by atoms with E-state index in [9.17, 15) is 19.8 Å². The van der Waals surface area contributed by atoms with Gasteiger partial charge in [0.15, 0.2) is 0 Å². The first-order chi connectivity index (χ1) is 42.0. The highest BCUT2D eigenvalue weighted by Gasteiger charge is 2.18. The normalized spacial score (nSPS) is 12.7. The van der Waals surface area contributed by atoms with E-state index in [1.807, 2.05) is 6.08 Å². The summed E-state index contributed by atoms with van der Waals surface area (Å²) in [5.41, 5.74) is 0. The molecule has 3 N–H and O–H groups in total. The Morgan fingerprint density at radius 1 is 0.318 bits per heavy atom. The molecule has 6 heteroatoms. The van der Waals surface area contributed by atoms with Crippen LogP contribution in [-0.4, -0.2) is 47.4 Å². The molecule has 0 aromatic carbocycles. The van der Waals surface area contributed by atoms with E-state index in [0.717, 1.165) is 44.9 Å². The fourth-order valence-corrected chi connectivity index (χ4v) is 12.2. The molecule has 0 saturated heterocycles. The average molecular weight is 1200 g/mol. The van der Waals surface area contributed by atoms with Crippen molar-refractivity contribution in [2.24, 2.45) is 0 Å². The molecule has 2 unspecified atom stereocenters. The zero-order valence-electron chi connectivity index (χ0n) is 57.6. The molecule has 0 rings (SSSR count). The molecule has 85 heavy (non-hydrogen) atoms. The number of aliphatic hydroxyl groups is 2. The van der Waals surface area contributed by atoms with Crippen LogP contribution in [0.1, 0.15) is 431 Å². The van der Waals surface area contributed by atoms with Crippen molar-refractivity contribution in [3.63, 3.8) is 0 Å². The van der Waals surface area contributed by atoms with Gasteiger partial charge in [-0.3, -0.25) is 9.59 Å². The molecule has 0 radical (unpaired) electrons. The molecule has 0 bridgehead atoms. The van der Waals surface area contributed by atoms with E-state index >= 15 is 0 Å². The number of hydrogen-bond donors (Lipinski definition) is 3. The Morgan fingerprint density at radius 2 is 0.553 bits per heavy atom. The Morgan fingerprint density at radius 3 is 0.835 bits per heavy atom. The zero-order valence-corrected chi connectivity index (χ0v) is 57.6. The number of nitrogens with one attached hydrogen (secondary N) is 1. The van der Waals surface area contributed by atoms with Crippen LogP contribution in [0.4, 0.5) is 0 Å². The van der Waals surface area contributed by atoms with Crippen LogP contribution in [0.3, 0.4) is 0 Å². The van der Waals surface area contributed by atoms with Gasteiger partial charge >= 0.3 is 5.97 Å². The van der Waals surface area contributed by atoms with E-state index < -0.39 is 12.1 Å². The summed E-state index contributed by atoms with van der Waals surface area (Å²) in [7, 11) is 0. The standard InChI is InChI=1S/C79H151NO5/c1-3-5-7-9-11-13-15-17-19-21-23-24-25-26-29-32-36-39-43-47-51-55-59-63-67-71-77(82)76(75-81)80-78(83)72-68-64-60-56-52-48-44-40-37-33-30-27-28-31-34-38-42-46-50-54-58-62-66-70-74-85-79(84)73-69-65-61-57-53-49-45-41-35-22-20-18-16-14-12-10-8-6-4-2/h18,20,30,33,67,71,76-77,81-82H,3-17,19,21-29,31-32,34-66,68-70,72-75H2,1-2H3,(H,80,83)/b20-18-,33-30-,71-67+. The third kappa shape index (κ3) is 71.0. The first-order valence-corrected chi connectivity index (χ1v) is 38.8. The van der Waals surface area contributed by atoms with Crippen LogP contribution >= 0.6 is 0 Å². The molecule has 0 heterocycles. The van der Waals surface area contributed by atoms with Gasteiger partial charge in [0.05, 0.1) is 25.4 Å². The second kappa shape index (κ2) is 74.5. The lowest BCUT2D eigenvalue weighted by Gasteiger charge is -2.20. The minimum Gasteiger partial charge on any atom is -0.466 e. The number of aliphatic hydroxyl groups excluding tert-OH is 2. The van der Waals surface area contributed by atoms with Gasteiger partial charge in [0.25, 0.3) is 0 Å². The number of rotatable bonds is 73. The Balaban J connectivity index is 3.41. The highest BCUT2D eigenvalue weighted by atomic mass is 16.5. The lowest BCUT2D eigenvalue weighted by molar-refractivity contribution is -0.143. The number of allylic oxidation sites excluding steroid dienone is 5. The van der Waals surface area contributed by atoms with Gasteiger partial charge in [0, 0.05) is 12.8 Å². The number of esters is 1. The number of hydrogen-bond acceptors (Lipinski definition) is 5. The second-order valence-electron chi connectivity index (χ2n) is 26.7. The molecule has 0 aliphatic carbocycles. The fraction of sp³-hybridized carbons (Fsp3) is 0.899. The molecule has 1 amide bonds. The number of unbranched alkanes of at least 4 members (excludes halogenated alkanes) is 58. The summed E-state index contributed by atoms with van der Waals surface area (Å²) in [6, 6.07) is -0.633. The minimum atomic E-state index is -0.850. The predicted octanol–water partition coefficient (Wildman–Crippen LogP) is 25.4. The zero-order chi connectivity index (χ0) is 61.3. The molecular formula is C79H151NO5. The molecule has 0 spiro atoms. The van der Waals surface area contributed by atoms with Crippen molar-refractivity contribution in [1.82, 2.24) is 5.32 Å². The molecule has 0 fully saturated rings. The van der Waals surface area contributed by atoms with Crippen molar-refractivity contribution in [2.75, 3.05) is 13.2 Å². The van der Waals surface area contributed by atoms with Crippen molar-refractivity contribution < 1.29 is 24.5 Å². The Labute approximate surface area is 532 Å². The number of ether oxygens (including phenoxy) is 1. The highest BCUT2D eigenvalue weighted by molar-refractivity contribution is 5.76. The maximum atomic E-state index is 12.5. The summed E-state index contributed by atoms with van der Waals surface area (Å²) in [6.45, 7) is 4.94. The second-order valence-corrected chi connectivity index (χ2v) is 26.7. The van der Waals surface area contributed by atoms with Crippen LogP contribution in [0.2, 0.25) is 0 Å². The predicted molar refractivity (Wildman–Crippen MR) is 375 cm³/mol. The molecule has 6 nitrogen and oxygen atoms in total. The summed E-state index contributed by atoms with van der Waals surface area (Å²) >= 11 is 0. The summed E-state index contributed by atoms with van der Waals surface area (Å²) in [4.78, 5) is 24.7. The molecule has 0 aliphatic heterocycles.